The van der Waals surface area contributed by atoms with Gasteiger partial charge in [0.05, 0.1) is 9.81 Å². The monoisotopic (exact) mass is 468 g/mol. The smallest absolute Gasteiger partial charge is 0.744 e. The van der Waals surface area contributed by atoms with Crippen LogP contribution in [-0.4, -0.2) is 38.5 Å². The van der Waals surface area contributed by atoms with Crippen molar-refractivity contribution in [3.63, 3.8) is 0 Å². The Morgan fingerprint density at radius 1 is 0.600 bits per heavy atom. The van der Waals surface area contributed by atoms with Gasteiger partial charge in [-0.15, -0.1) is 0 Å². The largest absolute Gasteiger partial charge is 1.00 e. The maximum absolute atomic E-state index is 10.7. The van der Waals surface area contributed by atoms with Crippen LogP contribution in [0.1, 0.15) is 11.1 Å². The van der Waals surface area contributed by atoms with Crippen LogP contribution in [0.4, 0.5) is 0 Å². The Kier molecular flexibility index (Phi) is 15.6. The minimum Gasteiger partial charge on any atom is -0.744 e. The summed E-state index contributed by atoms with van der Waals surface area (Å²) < 4.78 is 64.4. The molecule has 0 aliphatic rings. The van der Waals surface area contributed by atoms with Gasteiger partial charge in [0.25, 0.3) is 0 Å². The van der Waals surface area contributed by atoms with E-state index in [-0.39, 0.29) is 82.8 Å². The fourth-order valence-corrected chi connectivity index (χ4v) is 3.27. The standard InChI is InChI=1S/2C9H8O4S.2Na/c2*10-7-6-9(14(11,12)13)8-4-2-1-3-5-8;;/h2*1-7H,(H,11,12,13);;/q;;2*+1/p-2. The van der Waals surface area contributed by atoms with Gasteiger partial charge in [-0.25, -0.2) is 16.8 Å². The molecule has 0 aliphatic carbocycles. The summed E-state index contributed by atoms with van der Waals surface area (Å²) >= 11 is 0. The van der Waals surface area contributed by atoms with E-state index in [4.69, 9.17) is 0 Å². The van der Waals surface area contributed by atoms with Crippen LogP contribution in [0.2, 0.25) is 0 Å². The second-order valence-electron chi connectivity index (χ2n) is 4.97. The molecule has 12 heteroatoms. The van der Waals surface area contributed by atoms with Gasteiger partial charge in [0.15, 0.2) is 0 Å². The molecule has 0 aromatic heterocycles. The van der Waals surface area contributed by atoms with Crippen molar-refractivity contribution >= 4 is 42.6 Å². The summed E-state index contributed by atoms with van der Waals surface area (Å²) in [6, 6.07) is 15.5. The molecule has 0 unspecified atom stereocenters. The predicted octanol–water partition coefficient (Wildman–Crippen LogP) is -4.45. The molecule has 2 aromatic rings. The Balaban J connectivity index is 0. The zero-order valence-electron chi connectivity index (χ0n) is 16.2. The minimum absolute atomic E-state index is 0. The Bertz CT molecular complexity index is 990. The van der Waals surface area contributed by atoms with Crippen molar-refractivity contribution in [1.82, 2.24) is 0 Å². The Hall–Kier alpha value is -0.920. The maximum Gasteiger partial charge on any atom is 1.00 e. The van der Waals surface area contributed by atoms with E-state index >= 15 is 0 Å². The SMILES string of the molecule is O=CC=C(c1ccccc1)S(=O)(=O)[O-].O=CC=C(c1ccccc1)S(=O)(=O)[O-].[Na+].[Na+]. The van der Waals surface area contributed by atoms with Gasteiger partial charge >= 0.3 is 59.1 Å². The molecule has 0 aliphatic heterocycles. The van der Waals surface area contributed by atoms with Gasteiger partial charge in [-0.2, -0.15) is 0 Å². The van der Waals surface area contributed by atoms with E-state index in [1.54, 1.807) is 36.4 Å². The average Bonchev–Trinajstić information content (AvgIpc) is 2.64. The number of hydrogen-bond acceptors (Lipinski definition) is 8. The molecule has 0 saturated carbocycles. The van der Waals surface area contributed by atoms with E-state index in [9.17, 15) is 35.5 Å². The van der Waals surface area contributed by atoms with Crippen LogP contribution in [0, 0.1) is 0 Å². The summed E-state index contributed by atoms with van der Waals surface area (Å²) in [6.07, 6.45) is 2.05. The van der Waals surface area contributed by atoms with Crippen molar-refractivity contribution in [2.75, 3.05) is 0 Å². The zero-order valence-corrected chi connectivity index (χ0v) is 21.8. The minimum atomic E-state index is -4.60. The molecule has 148 valence electrons. The quantitative estimate of drug-likeness (QED) is 0.178. The van der Waals surface area contributed by atoms with Crippen molar-refractivity contribution in [1.29, 1.82) is 0 Å². The molecular formula is C18H14Na2O8S2. The molecule has 30 heavy (non-hydrogen) atoms. The molecule has 0 bridgehead atoms. The third-order valence-corrected chi connectivity index (χ3v) is 4.92. The Morgan fingerprint density at radius 3 is 1.07 bits per heavy atom. The van der Waals surface area contributed by atoms with Gasteiger partial charge in [-0.05, 0) is 23.3 Å². The van der Waals surface area contributed by atoms with E-state index in [2.05, 4.69) is 0 Å². The number of carbonyl (C=O) groups is 2. The third-order valence-electron chi connectivity index (χ3n) is 3.09. The van der Waals surface area contributed by atoms with Crippen molar-refractivity contribution < 1.29 is 94.6 Å². The van der Waals surface area contributed by atoms with Crippen LogP contribution in [0.5, 0.6) is 0 Å². The van der Waals surface area contributed by atoms with Crippen molar-refractivity contribution in [3.8, 4) is 0 Å². The predicted molar refractivity (Wildman–Crippen MR) is 100 cm³/mol. The van der Waals surface area contributed by atoms with Gasteiger partial charge in [0, 0.05) is 0 Å². The maximum atomic E-state index is 10.7. The summed E-state index contributed by atoms with van der Waals surface area (Å²) in [5.41, 5.74) is 0.434. The average molecular weight is 468 g/mol. The molecule has 0 fully saturated rings. The molecule has 0 amide bonds. The number of allylic oxidation sites excluding steroid dienone is 2. The second-order valence-corrected chi connectivity index (χ2v) is 7.67. The molecule has 0 radical (unpaired) electrons. The van der Waals surface area contributed by atoms with E-state index in [0.29, 0.717) is 0 Å². The zero-order chi connectivity index (χ0) is 21.2. The molecule has 0 heterocycles. The second kappa shape index (κ2) is 15.0. The van der Waals surface area contributed by atoms with Crippen LogP contribution in [0.25, 0.3) is 9.81 Å². The van der Waals surface area contributed by atoms with Crippen molar-refractivity contribution in [3.05, 3.63) is 83.9 Å². The van der Waals surface area contributed by atoms with Gasteiger partial charge in [-0.1, -0.05) is 60.7 Å². The third kappa shape index (κ3) is 10.9. The first kappa shape index (κ1) is 31.3. The fourth-order valence-electron chi connectivity index (χ4n) is 1.98. The molecule has 8 nitrogen and oxygen atoms in total. The van der Waals surface area contributed by atoms with Crippen LogP contribution in [0.3, 0.4) is 0 Å². The van der Waals surface area contributed by atoms with Crippen molar-refractivity contribution in [2.24, 2.45) is 0 Å². The molecule has 0 spiro atoms. The van der Waals surface area contributed by atoms with E-state index in [0.717, 1.165) is 12.2 Å². The first-order valence-electron chi connectivity index (χ1n) is 7.45. The van der Waals surface area contributed by atoms with Gasteiger partial charge in [0.2, 0.25) is 0 Å². The number of carbonyl (C=O) groups excluding carboxylic acids is 2. The van der Waals surface area contributed by atoms with Crippen molar-refractivity contribution in [2.45, 2.75) is 0 Å². The molecule has 2 aromatic carbocycles. The molecule has 2 rings (SSSR count). The normalized spacial score (nSPS) is 11.7. The van der Waals surface area contributed by atoms with Crippen LogP contribution >= 0.6 is 0 Å². The number of hydrogen-bond donors (Lipinski definition) is 0. The molecule has 0 atom stereocenters. The molecule has 0 N–H and O–H groups in total. The summed E-state index contributed by atoms with van der Waals surface area (Å²) in [7, 11) is -9.20. The van der Waals surface area contributed by atoms with Gasteiger partial charge in [-0.3, -0.25) is 9.59 Å². The summed E-state index contributed by atoms with van der Waals surface area (Å²) in [4.78, 5) is 19.3. The van der Waals surface area contributed by atoms with E-state index in [1.165, 1.54) is 24.3 Å². The summed E-state index contributed by atoms with van der Waals surface area (Å²) in [5.74, 6) is 0. The first-order valence-corrected chi connectivity index (χ1v) is 10.3. The topological polar surface area (TPSA) is 149 Å². The number of benzene rings is 2. The summed E-state index contributed by atoms with van der Waals surface area (Å²) in [5, 5.41) is 0. The first-order chi connectivity index (χ1) is 13.1. The fraction of sp³-hybridized carbons (Fsp3) is 0. The molecular weight excluding hydrogens is 454 g/mol. The summed E-state index contributed by atoms with van der Waals surface area (Å²) in [6.45, 7) is 0. The Morgan fingerprint density at radius 2 is 0.867 bits per heavy atom. The van der Waals surface area contributed by atoms with Crippen LogP contribution in [-0.2, 0) is 29.8 Å². The van der Waals surface area contributed by atoms with E-state index in [1.807, 2.05) is 0 Å². The van der Waals surface area contributed by atoms with E-state index < -0.39 is 30.0 Å². The molecule has 0 saturated heterocycles. The van der Waals surface area contributed by atoms with Gasteiger partial charge in [0.1, 0.15) is 32.8 Å². The van der Waals surface area contributed by atoms with Gasteiger partial charge < -0.3 is 9.11 Å². The number of rotatable bonds is 6. The number of aldehydes is 2. The van der Waals surface area contributed by atoms with Crippen LogP contribution < -0.4 is 59.1 Å². The van der Waals surface area contributed by atoms with Crippen LogP contribution in [0.15, 0.2) is 72.8 Å². The Labute approximate surface area is 219 Å².